The molecule has 0 fully saturated rings. The number of primary amides is 1. The van der Waals surface area contributed by atoms with Gasteiger partial charge in [0.25, 0.3) is 0 Å². The Morgan fingerprint density at radius 1 is 1.04 bits per heavy atom. The summed E-state index contributed by atoms with van der Waals surface area (Å²) in [6.45, 7) is 3.65. The Bertz CT molecular complexity index is 937. The van der Waals surface area contributed by atoms with Crippen LogP contribution in [0.3, 0.4) is 0 Å². The maximum Gasteiger partial charge on any atom is 0.416 e. The monoisotopic (exact) mass is 330 g/mol. The molecule has 0 radical (unpaired) electrons. The maximum absolute atomic E-state index is 12.7. The van der Waals surface area contributed by atoms with Crippen LogP contribution in [0.25, 0.3) is 22.2 Å². The van der Waals surface area contributed by atoms with E-state index in [2.05, 4.69) is 6.58 Å². The number of benzene rings is 2. The molecule has 0 aliphatic heterocycles. The predicted octanol–water partition coefficient (Wildman–Crippen LogP) is 4.15. The van der Waals surface area contributed by atoms with E-state index in [9.17, 15) is 18.0 Å². The number of nitrogens with two attached hydrogens (primary N) is 1. The van der Waals surface area contributed by atoms with E-state index >= 15 is 0 Å². The molecule has 0 aliphatic carbocycles. The van der Waals surface area contributed by atoms with Crippen LogP contribution >= 0.6 is 0 Å². The van der Waals surface area contributed by atoms with Crippen LogP contribution in [0, 0.1) is 0 Å². The Balaban J connectivity index is 2.08. The van der Waals surface area contributed by atoms with Gasteiger partial charge in [0.15, 0.2) is 0 Å². The van der Waals surface area contributed by atoms with Crippen molar-refractivity contribution in [3.05, 3.63) is 72.4 Å². The average molecular weight is 330 g/mol. The Labute approximate surface area is 135 Å². The minimum Gasteiger partial charge on any atom is -0.366 e. The van der Waals surface area contributed by atoms with E-state index in [1.807, 2.05) is 6.07 Å². The van der Waals surface area contributed by atoms with Gasteiger partial charge in [-0.25, -0.2) is 0 Å². The van der Waals surface area contributed by atoms with Gasteiger partial charge in [-0.1, -0.05) is 18.7 Å². The van der Waals surface area contributed by atoms with Gasteiger partial charge >= 0.3 is 6.18 Å². The fourth-order valence-corrected chi connectivity index (χ4v) is 2.49. The van der Waals surface area contributed by atoms with Crippen LogP contribution in [0.2, 0.25) is 0 Å². The molecule has 0 spiro atoms. The number of carbonyl (C=O) groups is 1. The first kappa shape index (κ1) is 15.9. The molecule has 2 N–H and O–H groups in total. The van der Waals surface area contributed by atoms with Crippen LogP contribution in [0.1, 0.15) is 11.1 Å². The molecule has 6 heteroatoms. The summed E-state index contributed by atoms with van der Waals surface area (Å²) in [5.74, 6) is -0.623. The highest BCUT2D eigenvalue weighted by Crippen LogP contribution is 2.30. The highest BCUT2D eigenvalue weighted by Gasteiger charge is 2.30. The van der Waals surface area contributed by atoms with Gasteiger partial charge in [-0.15, -0.1) is 0 Å². The van der Waals surface area contributed by atoms with Gasteiger partial charge in [-0.2, -0.15) is 13.2 Å². The van der Waals surface area contributed by atoms with Crippen molar-refractivity contribution in [1.29, 1.82) is 0 Å². The molecule has 3 rings (SSSR count). The predicted molar refractivity (Wildman–Crippen MR) is 86.5 cm³/mol. The third-order valence-corrected chi connectivity index (χ3v) is 3.81. The highest BCUT2D eigenvalue weighted by molar-refractivity contribution is 6.18. The highest BCUT2D eigenvalue weighted by atomic mass is 19.4. The summed E-state index contributed by atoms with van der Waals surface area (Å²) < 4.78 is 39.8. The van der Waals surface area contributed by atoms with Crippen LogP contribution in [0.4, 0.5) is 13.2 Å². The molecule has 0 aliphatic rings. The molecule has 1 amide bonds. The SMILES string of the molecule is C=C(C(N)=O)c1ccc2ccn(-c3ccc(C(F)(F)F)cc3)c2c1. The van der Waals surface area contributed by atoms with Crippen molar-refractivity contribution in [3.8, 4) is 5.69 Å². The second-order valence-electron chi connectivity index (χ2n) is 5.35. The van der Waals surface area contributed by atoms with Crippen molar-refractivity contribution < 1.29 is 18.0 Å². The lowest BCUT2D eigenvalue weighted by molar-refractivity contribution is -0.137. The second-order valence-corrected chi connectivity index (χ2v) is 5.35. The lowest BCUT2D eigenvalue weighted by Gasteiger charge is -2.10. The smallest absolute Gasteiger partial charge is 0.366 e. The first-order chi connectivity index (χ1) is 11.3. The first-order valence-electron chi connectivity index (χ1n) is 7.05. The number of nitrogens with zero attached hydrogens (tertiary/aromatic N) is 1. The zero-order valence-electron chi connectivity index (χ0n) is 12.5. The minimum absolute atomic E-state index is 0.178. The van der Waals surface area contributed by atoms with Crippen LogP contribution < -0.4 is 5.73 Å². The number of amides is 1. The van der Waals surface area contributed by atoms with Gasteiger partial charge < -0.3 is 10.3 Å². The van der Waals surface area contributed by atoms with E-state index in [0.717, 1.165) is 23.0 Å². The van der Waals surface area contributed by atoms with E-state index in [4.69, 9.17) is 5.73 Å². The van der Waals surface area contributed by atoms with Crippen LogP contribution in [0.15, 0.2) is 61.3 Å². The Morgan fingerprint density at radius 3 is 2.29 bits per heavy atom. The van der Waals surface area contributed by atoms with Crippen molar-refractivity contribution in [2.24, 2.45) is 5.73 Å². The van der Waals surface area contributed by atoms with Crippen molar-refractivity contribution in [3.63, 3.8) is 0 Å². The van der Waals surface area contributed by atoms with Crippen LogP contribution in [0.5, 0.6) is 0 Å². The number of alkyl halides is 3. The summed E-state index contributed by atoms with van der Waals surface area (Å²) in [6, 6.07) is 12.0. The molecule has 0 atom stereocenters. The van der Waals surface area contributed by atoms with Crippen LogP contribution in [-0.4, -0.2) is 10.5 Å². The molecule has 24 heavy (non-hydrogen) atoms. The largest absolute Gasteiger partial charge is 0.416 e. The van der Waals surface area contributed by atoms with E-state index in [1.165, 1.54) is 12.1 Å². The van der Waals surface area contributed by atoms with E-state index in [1.54, 1.807) is 29.0 Å². The molecule has 1 heterocycles. The molecule has 1 aromatic heterocycles. The summed E-state index contributed by atoms with van der Waals surface area (Å²) in [4.78, 5) is 11.3. The van der Waals surface area contributed by atoms with Crippen molar-refractivity contribution in [1.82, 2.24) is 4.57 Å². The minimum atomic E-state index is -4.37. The number of aromatic nitrogens is 1. The fourth-order valence-electron chi connectivity index (χ4n) is 2.49. The molecular formula is C18H13F3N2O. The first-order valence-corrected chi connectivity index (χ1v) is 7.05. The van der Waals surface area contributed by atoms with Gasteiger partial charge in [-0.05, 0) is 47.3 Å². The lowest BCUT2D eigenvalue weighted by atomic mass is 10.1. The number of halogens is 3. The number of hydrogen-bond acceptors (Lipinski definition) is 1. The van der Waals surface area contributed by atoms with E-state index in [-0.39, 0.29) is 5.57 Å². The maximum atomic E-state index is 12.7. The van der Waals surface area contributed by atoms with Crippen molar-refractivity contribution in [2.45, 2.75) is 6.18 Å². The molecular weight excluding hydrogens is 317 g/mol. The summed E-state index contributed by atoms with van der Waals surface area (Å²) in [5, 5.41) is 0.885. The van der Waals surface area contributed by atoms with Gasteiger partial charge in [0, 0.05) is 17.5 Å². The van der Waals surface area contributed by atoms with Crippen molar-refractivity contribution in [2.75, 3.05) is 0 Å². The second kappa shape index (κ2) is 5.56. The average Bonchev–Trinajstić information content (AvgIpc) is 2.96. The standard InChI is InChI=1S/C18H13F3N2O/c1-11(17(22)24)13-3-2-12-8-9-23(16(12)10-13)15-6-4-14(5-7-15)18(19,20)21/h2-10H,1H2,(H2,22,24). The normalized spacial score (nSPS) is 11.6. The number of rotatable bonds is 3. The topological polar surface area (TPSA) is 48.0 Å². The third kappa shape index (κ3) is 2.78. The Kier molecular flexibility index (Phi) is 3.67. The summed E-state index contributed by atoms with van der Waals surface area (Å²) in [7, 11) is 0. The fraction of sp³-hybridized carbons (Fsp3) is 0.0556. The molecule has 0 bridgehead atoms. The molecule has 0 unspecified atom stereocenters. The zero-order valence-corrected chi connectivity index (χ0v) is 12.5. The molecule has 3 aromatic rings. The van der Waals surface area contributed by atoms with Gasteiger partial charge in [0.05, 0.1) is 11.1 Å². The lowest BCUT2D eigenvalue weighted by Crippen LogP contribution is -2.11. The number of hydrogen-bond donors (Lipinski definition) is 1. The summed E-state index contributed by atoms with van der Waals surface area (Å²) in [6.07, 6.45) is -2.62. The van der Waals surface area contributed by atoms with Gasteiger partial charge in [0.2, 0.25) is 5.91 Å². The Morgan fingerprint density at radius 2 is 1.71 bits per heavy atom. The zero-order chi connectivity index (χ0) is 17.5. The molecule has 0 saturated carbocycles. The molecule has 0 saturated heterocycles. The van der Waals surface area contributed by atoms with E-state index in [0.29, 0.717) is 11.3 Å². The number of fused-ring (bicyclic) bond motifs is 1. The molecule has 122 valence electrons. The van der Waals surface area contributed by atoms with Crippen molar-refractivity contribution >= 4 is 22.4 Å². The van der Waals surface area contributed by atoms with Gasteiger partial charge in [0.1, 0.15) is 0 Å². The van der Waals surface area contributed by atoms with Crippen LogP contribution in [-0.2, 0) is 11.0 Å². The summed E-state index contributed by atoms with van der Waals surface area (Å²) in [5.41, 5.74) is 6.62. The molecule has 3 nitrogen and oxygen atoms in total. The quantitative estimate of drug-likeness (QED) is 0.721. The summed E-state index contributed by atoms with van der Waals surface area (Å²) >= 11 is 0. The van der Waals surface area contributed by atoms with Gasteiger partial charge in [-0.3, -0.25) is 4.79 Å². The number of carbonyl (C=O) groups excluding carboxylic acids is 1. The Hall–Kier alpha value is -3.02. The third-order valence-electron chi connectivity index (χ3n) is 3.81. The van der Waals surface area contributed by atoms with E-state index < -0.39 is 17.6 Å². The molecule has 2 aromatic carbocycles.